The quantitative estimate of drug-likeness (QED) is 0.355. The molecule has 3 nitrogen and oxygen atoms in total. The zero-order valence-corrected chi connectivity index (χ0v) is 10.1. The fourth-order valence-corrected chi connectivity index (χ4v) is 1.67. The summed E-state index contributed by atoms with van der Waals surface area (Å²) in [5.74, 6) is 0.863. The highest BCUT2D eigenvalue weighted by atomic mass is 16.4. The molecule has 0 saturated heterocycles. The molecule has 0 aromatic heterocycles. The van der Waals surface area contributed by atoms with Gasteiger partial charge in [0, 0.05) is 5.92 Å². The van der Waals surface area contributed by atoms with Gasteiger partial charge in [-0.3, -0.25) is 0 Å². The fourth-order valence-electron chi connectivity index (χ4n) is 1.67. The lowest BCUT2D eigenvalue weighted by molar-refractivity contribution is 0.316. The summed E-state index contributed by atoms with van der Waals surface area (Å²) in [7, 11) is 0. The first kappa shape index (κ1) is 12.6. The van der Waals surface area contributed by atoms with Crippen LogP contribution in [0.1, 0.15) is 37.8 Å². The van der Waals surface area contributed by atoms with Crippen molar-refractivity contribution in [2.75, 3.05) is 0 Å². The summed E-state index contributed by atoms with van der Waals surface area (Å²) in [5, 5.41) is 11.6. The van der Waals surface area contributed by atoms with Gasteiger partial charge in [-0.25, -0.2) is 0 Å². The molecule has 1 aromatic rings. The fraction of sp³-hybridized carbons (Fsp3) is 0.462. The van der Waals surface area contributed by atoms with Crippen molar-refractivity contribution < 1.29 is 5.21 Å². The standard InChI is InChI=1S/C13H20N2O/c1-9(2)8-11-4-6-12(7-5-11)10(3)13(14)15-16/h4-7,9-10,16H,8H2,1-3H3,(H2,14,15)/t10-/m0/s1. The lowest BCUT2D eigenvalue weighted by Gasteiger charge is -2.11. The van der Waals surface area contributed by atoms with E-state index in [4.69, 9.17) is 10.9 Å². The summed E-state index contributed by atoms with van der Waals surface area (Å²) in [6, 6.07) is 8.30. The van der Waals surface area contributed by atoms with Gasteiger partial charge in [0.15, 0.2) is 0 Å². The van der Waals surface area contributed by atoms with E-state index in [9.17, 15) is 0 Å². The van der Waals surface area contributed by atoms with E-state index in [-0.39, 0.29) is 11.8 Å². The number of amidine groups is 1. The third-order valence-corrected chi connectivity index (χ3v) is 2.68. The highest BCUT2D eigenvalue weighted by molar-refractivity contribution is 5.86. The molecule has 3 N–H and O–H groups in total. The zero-order valence-electron chi connectivity index (χ0n) is 10.1. The number of hydrogen-bond donors (Lipinski definition) is 2. The van der Waals surface area contributed by atoms with E-state index in [1.165, 1.54) is 5.56 Å². The molecule has 0 bridgehead atoms. The molecule has 1 atom stereocenters. The molecule has 0 aliphatic heterocycles. The smallest absolute Gasteiger partial charge is 0.146 e. The molecule has 0 aliphatic carbocycles. The van der Waals surface area contributed by atoms with Crippen LogP contribution in [0.3, 0.4) is 0 Å². The third kappa shape index (κ3) is 3.26. The monoisotopic (exact) mass is 220 g/mol. The van der Waals surface area contributed by atoms with Crippen molar-refractivity contribution in [1.82, 2.24) is 0 Å². The number of oxime groups is 1. The molecule has 0 saturated carbocycles. The second-order valence-electron chi connectivity index (χ2n) is 4.59. The Balaban J connectivity index is 2.78. The number of nitrogens with zero attached hydrogens (tertiary/aromatic N) is 1. The average Bonchev–Trinajstić information content (AvgIpc) is 2.27. The maximum atomic E-state index is 8.60. The molecule has 3 heteroatoms. The van der Waals surface area contributed by atoms with Gasteiger partial charge in [-0.15, -0.1) is 0 Å². The van der Waals surface area contributed by atoms with Gasteiger partial charge in [0.25, 0.3) is 0 Å². The van der Waals surface area contributed by atoms with Crippen molar-refractivity contribution in [1.29, 1.82) is 0 Å². The molecule has 0 heterocycles. The Hall–Kier alpha value is -1.51. The number of benzene rings is 1. The van der Waals surface area contributed by atoms with Gasteiger partial charge in [-0.05, 0) is 23.5 Å². The molecular formula is C13H20N2O. The topological polar surface area (TPSA) is 58.6 Å². The van der Waals surface area contributed by atoms with Crippen LogP contribution in [0.25, 0.3) is 0 Å². The molecule has 1 aromatic carbocycles. The van der Waals surface area contributed by atoms with E-state index in [0.717, 1.165) is 12.0 Å². The van der Waals surface area contributed by atoms with Crippen LogP contribution in [0.5, 0.6) is 0 Å². The lowest BCUT2D eigenvalue weighted by Crippen LogP contribution is -2.19. The molecule has 0 aliphatic rings. The van der Waals surface area contributed by atoms with E-state index < -0.39 is 0 Å². The van der Waals surface area contributed by atoms with E-state index in [0.29, 0.717) is 5.92 Å². The van der Waals surface area contributed by atoms with E-state index in [2.05, 4.69) is 31.1 Å². The van der Waals surface area contributed by atoms with Gasteiger partial charge in [0.2, 0.25) is 0 Å². The van der Waals surface area contributed by atoms with Gasteiger partial charge < -0.3 is 10.9 Å². The first-order chi connectivity index (χ1) is 7.54. The second-order valence-corrected chi connectivity index (χ2v) is 4.59. The van der Waals surface area contributed by atoms with Crippen LogP contribution in [0.4, 0.5) is 0 Å². The van der Waals surface area contributed by atoms with Crippen molar-refractivity contribution in [3.63, 3.8) is 0 Å². The largest absolute Gasteiger partial charge is 0.409 e. The average molecular weight is 220 g/mol. The number of nitrogens with two attached hydrogens (primary N) is 1. The van der Waals surface area contributed by atoms with Crippen LogP contribution >= 0.6 is 0 Å². The molecule has 0 fully saturated rings. The lowest BCUT2D eigenvalue weighted by atomic mass is 9.96. The first-order valence-corrected chi connectivity index (χ1v) is 5.60. The normalized spacial score (nSPS) is 14.1. The molecule has 0 spiro atoms. The van der Waals surface area contributed by atoms with Gasteiger partial charge in [-0.1, -0.05) is 50.2 Å². The number of rotatable bonds is 4. The summed E-state index contributed by atoms with van der Waals surface area (Å²) in [4.78, 5) is 0. The summed E-state index contributed by atoms with van der Waals surface area (Å²) in [6.07, 6.45) is 1.08. The van der Waals surface area contributed by atoms with Crippen molar-refractivity contribution >= 4 is 5.84 Å². The number of hydrogen-bond acceptors (Lipinski definition) is 2. The summed E-state index contributed by atoms with van der Waals surface area (Å²) in [5.41, 5.74) is 7.96. The van der Waals surface area contributed by atoms with Gasteiger partial charge in [0.05, 0.1) is 0 Å². The Morgan fingerprint density at radius 2 is 1.81 bits per heavy atom. The van der Waals surface area contributed by atoms with Gasteiger partial charge in [0.1, 0.15) is 5.84 Å². The second kappa shape index (κ2) is 5.54. The van der Waals surface area contributed by atoms with E-state index >= 15 is 0 Å². The molecule has 88 valence electrons. The third-order valence-electron chi connectivity index (χ3n) is 2.68. The molecule has 1 rings (SSSR count). The van der Waals surface area contributed by atoms with Crippen molar-refractivity contribution in [2.24, 2.45) is 16.8 Å². The highest BCUT2D eigenvalue weighted by Gasteiger charge is 2.10. The maximum Gasteiger partial charge on any atom is 0.146 e. The zero-order chi connectivity index (χ0) is 12.1. The van der Waals surface area contributed by atoms with E-state index in [1.54, 1.807) is 0 Å². The van der Waals surface area contributed by atoms with Crippen LogP contribution in [-0.4, -0.2) is 11.0 Å². The predicted octanol–water partition coefficient (Wildman–Crippen LogP) is 2.74. The predicted molar refractivity (Wildman–Crippen MR) is 66.8 cm³/mol. The molecule has 0 radical (unpaired) electrons. The molecule has 16 heavy (non-hydrogen) atoms. The van der Waals surface area contributed by atoms with Crippen LogP contribution in [0.15, 0.2) is 29.4 Å². The minimum absolute atomic E-state index is 0.0434. The Morgan fingerprint density at radius 3 is 2.25 bits per heavy atom. The van der Waals surface area contributed by atoms with Crippen LogP contribution < -0.4 is 5.73 Å². The summed E-state index contributed by atoms with van der Waals surface area (Å²) >= 11 is 0. The Bertz CT molecular complexity index is 355. The minimum Gasteiger partial charge on any atom is -0.409 e. The highest BCUT2D eigenvalue weighted by Crippen LogP contribution is 2.17. The van der Waals surface area contributed by atoms with Gasteiger partial charge in [-0.2, -0.15) is 0 Å². The minimum atomic E-state index is -0.0434. The van der Waals surface area contributed by atoms with Crippen molar-refractivity contribution in [2.45, 2.75) is 33.1 Å². The molecular weight excluding hydrogens is 200 g/mol. The Kier molecular flexibility index (Phi) is 4.35. The summed E-state index contributed by atoms with van der Waals surface area (Å²) in [6.45, 7) is 6.33. The Labute approximate surface area is 97.0 Å². The SMILES string of the molecule is CC(C)Cc1ccc([C@H](C)C(N)=NO)cc1. The maximum absolute atomic E-state index is 8.60. The van der Waals surface area contributed by atoms with Crippen LogP contribution in [0.2, 0.25) is 0 Å². The van der Waals surface area contributed by atoms with Crippen molar-refractivity contribution in [3.05, 3.63) is 35.4 Å². The molecule has 0 unspecified atom stereocenters. The van der Waals surface area contributed by atoms with Gasteiger partial charge >= 0.3 is 0 Å². The van der Waals surface area contributed by atoms with E-state index in [1.807, 2.05) is 19.1 Å². The Morgan fingerprint density at radius 1 is 1.25 bits per heavy atom. The molecule has 0 amide bonds. The van der Waals surface area contributed by atoms with Crippen molar-refractivity contribution in [3.8, 4) is 0 Å². The van der Waals surface area contributed by atoms with Crippen LogP contribution in [-0.2, 0) is 6.42 Å². The summed E-state index contributed by atoms with van der Waals surface area (Å²) < 4.78 is 0. The first-order valence-electron chi connectivity index (χ1n) is 5.60. The van der Waals surface area contributed by atoms with Crippen LogP contribution in [0, 0.1) is 5.92 Å².